The molecule has 0 unspecified atom stereocenters. The Morgan fingerprint density at radius 1 is 1.04 bits per heavy atom. The van der Waals surface area contributed by atoms with Crippen LogP contribution >= 0.6 is 11.3 Å². The van der Waals surface area contributed by atoms with Gasteiger partial charge in [0.05, 0.1) is 16.8 Å². The summed E-state index contributed by atoms with van der Waals surface area (Å²) in [5.74, 6) is 0.612. The molecule has 0 aliphatic heterocycles. The predicted molar refractivity (Wildman–Crippen MR) is 115 cm³/mol. The van der Waals surface area contributed by atoms with Crippen molar-refractivity contribution in [1.29, 1.82) is 0 Å². The third-order valence-electron chi connectivity index (χ3n) is 4.36. The zero-order valence-electron chi connectivity index (χ0n) is 15.7. The van der Waals surface area contributed by atoms with E-state index in [1.807, 2.05) is 31.2 Å². The SMILES string of the molecule is CCOc1ccc(C(=O)Nc2ccc(-c3nc4ccc(C)cc4s3)cc2)cc1. The monoisotopic (exact) mass is 388 g/mol. The molecule has 0 saturated heterocycles. The van der Waals surface area contributed by atoms with E-state index < -0.39 is 0 Å². The lowest BCUT2D eigenvalue weighted by Gasteiger charge is -2.07. The first-order chi connectivity index (χ1) is 13.6. The highest BCUT2D eigenvalue weighted by Gasteiger charge is 2.09. The van der Waals surface area contributed by atoms with Gasteiger partial charge in [-0.2, -0.15) is 0 Å². The third kappa shape index (κ3) is 3.89. The molecule has 1 heterocycles. The number of aryl methyl sites for hydroxylation is 1. The molecule has 1 amide bonds. The fraction of sp³-hybridized carbons (Fsp3) is 0.130. The normalized spacial score (nSPS) is 10.8. The van der Waals surface area contributed by atoms with Gasteiger partial charge in [-0.15, -0.1) is 11.3 Å². The van der Waals surface area contributed by atoms with Crippen LogP contribution in [0.4, 0.5) is 5.69 Å². The summed E-state index contributed by atoms with van der Waals surface area (Å²) in [7, 11) is 0. The van der Waals surface area contributed by atoms with Gasteiger partial charge in [0.1, 0.15) is 10.8 Å². The van der Waals surface area contributed by atoms with Crippen LogP contribution in [0.3, 0.4) is 0 Å². The molecule has 0 atom stereocenters. The minimum atomic E-state index is -0.147. The van der Waals surface area contributed by atoms with Gasteiger partial charge in [-0.1, -0.05) is 6.07 Å². The number of carbonyl (C=O) groups is 1. The number of hydrogen-bond acceptors (Lipinski definition) is 4. The standard InChI is InChI=1S/C23H20N2O2S/c1-3-27-19-11-7-16(8-12-19)22(26)24-18-9-5-17(6-10-18)23-25-20-13-4-15(2)14-21(20)28-23/h4-14H,3H2,1-2H3,(H,24,26). The molecule has 1 N–H and O–H groups in total. The predicted octanol–water partition coefficient (Wildman–Crippen LogP) is 5.92. The number of amides is 1. The van der Waals surface area contributed by atoms with Crippen LogP contribution in [0.15, 0.2) is 66.7 Å². The minimum Gasteiger partial charge on any atom is -0.494 e. The Hall–Kier alpha value is -3.18. The molecule has 4 rings (SSSR count). The Balaban J connectivity index is 1.48. The lowest BCUT2D eigenvalue weighted by atomic mass is 10.2. The van der Waals surface area contributed by atoms with Crippen molar-refractivity contribution in [2.75, 3.05) is 11.9 Å². The zero-order valence-corrected chi connectivity index (χ0v) is 16.5. The van der Waals surface area contributed by atoms with Crippen molar-refractivity contribution in [1.82, 2.24) is 4.98 Å². The summed E-state index contributed by atoms with van der Waals surface area (Å²) in [6.07, 6.45) is 0. The fourth-order valence-electron chi connectivity index (χ4n) is 2.92. The van der Waals surface area contributed by atoms with E-state index in [1.54, 1.807) is 35.6 Å². The molecule has 0 bridgehead atoms. The molecule has 0 radical (unpaired) electrons. The van der Waals surface area contributed by atoms with Crippen molar-refractivity contribution in [2.45, 2.75) is 13.8 Å². The molecular formula is C23H20N2O2S. The van der Waals surface area contributed by atoms with Crippen LogP contribution < -0.4 is 10.1 Å². The summed E-state index contributed by atoms with van der Waals surface area (Å²) in [6.45, 7) is 4.62. The van der Waals surface area contributed by atoms with Gasteiger partial charge in [-0.05, 0) is 80.1 Å². The molecule has 0 fully saturated rings. The van der Waals surface area contributed by atoms with Crippen LogP contribution in [0.5, 0.6) is 5.75 Å². The number of anilines is 1. The van der Waals surface area contributed by atoms with E-state index in [1.165, 1.54) is 10.3 Å². The van der Waals surface area contributed by atoms with E-state index in [4.69, 9.17) is 9.72 Å². The topological polar surface area (TPSA) is 51.2 Å². The number of ether oxygens (including phenoxy) is 1. The average Bonchev–Trinajstić information content (AvgIpc) is 3.12. The quantitative estimate of drug-likeness (QED) is 0.461. The molecule has 3 aromatic carbocycles. The summed E-state index contributed by atoms with van der Waals surface area (Å²) >= 11 is 1.68. The van der Waals surface area contributed by atoms with Crippen molar-refractivity contribution < 1.29 is 9.53 Å². The Bertz CT molecular complexity index is 1120. The molecule has 4 aromatic rings. The average molecular weight is 388 g/mol. The van der Waals surface area contributed by atoms with Gasteiger partial charge in [-0.3, -0.25) is 4.79 Å². The lowest BCUT2D eigenvalue weighted by Crippen LogP contribution is -2.11. The summed E-state index contributed by atoms with van der Waals surface area (Å²) in [6, 6.07) is 21.2. The summed E-state index contributed by atoms with van der Waals surface area (Å²) in [4.78, 5) is 17.1. The number of aromatic nitrogens is 1. The molecule has 0 aliphatic carbocycles. The first-order valence-electron chi connectivity index (χ1n) is 9.14. The Morgan fingerprint density at radius 2 is 1.79 bits per heavy atom. The number of carbonyl (C=O) groups excluding carboxylic acids is 1. The van der Waals surface area contributed by atoms with Gasteiger partial charge < -0.3 is 10.1 Å². The highest BCUT2D eigenvalue weighted by Crippen LogP contribution is 2.31. The zero-order chi connectivity index (χ0) is 19.5. The molecule has 4 nitrogen and oxygen atoms in total. The Kier molecular flexibility index (Phi) is 5.08. The highest BCUT2D eigenvalue weighted by molar-refractivity contribution is 7.21. The molecule has 0 saturated carbocycles. The maximum absolute atomic E-state index is 12.4. The van der Waals surface area contributed by atoms with E-state index in [0.717, 1.165) is 27.5 Å². The van der Waals surface area contributed by atoms with Crippen molar-refractivity contribution in [3.05, 3.63) is 77.9 Å². The highest BCUT2D eigenvalue weighted by atomic mass is 32.1. The van der Waals surface area contributed by atoms with Crippen molar-refractivity contribution in [2.24, 2.45) is 0 Å². The van der Waals surface area contributed by atoms with E-state index in [9.17, 15) is 4.79 Å². The summed E-state index contributed by atoms with van der Waals surface area (Å²) in [5.41, 5.74) is 4.63. The van der Waals surface area contributed by atoms with Crippen molar-refractivity contribution in [3.63, 3.8) is 0 Å². The Morgan fingerprint density at radius 3 is 2.50 bits per heavy atom. The van der Waals surface area contributed by atoms with E-state index in [-0.39, 0.29) is 5.91 Å². The summed E-state index contributed by atoms with van der Waals surface area (Å²) in [5, 5.41) is 3.90. The summed E-state index contributed by atoms with van der Waals surface area (Å²) < 4.78 is 6.59. The second kappa shape index (κ2) is 7.82. The van der Waals surface area contributed by atoms with Crippen molar-refractivity contribution >= 4 is 33.1 Å². The first-order valence-corrected chi connectivity index (χ1v) is 9.96. The van der Waals surface area contributed by atoms with Crippen LogP contribution in [0, 0.1) is 6.92 Å². The molecular weight excluding hydrogens is 368 g/mol. The number of fused-ring (bicyclic) bond motifs is 1. The molecule has 28 heavy (non-hydrogen) atoms. The van der Waals surface area contributed by atoms with Gasteiger partial charge in [-0.25, -0.2) is 4.98 Å². The second-order valence-corrected chi connectivity index (χ2v) is 7.51. The van der Waals surface area contributed by atoms with Crippen LogP contribution in [-0.4, -0.2) is 17.5 Å². The number of rotatable bonds is 5. The second-order valence-electron chi connectivity index (χ2n) is 6.48. The lowest BCUT2D eigenvalue weighted by molar-refractivity contribution is 0.102. The fourth-order valence-corrected chi connectivity index (χ4v) is 3.99. The smallest absolute Gasteiger partial charge is 0.255 e. The van der Waals surface area contributed by atoms with Gasteiger partial charge in [0.15, 0.2) is 0 Å². The maximum atomic E-state index is 12.4. The van der Waals surface area contributed by atoms with Crippen LogP contribution in [0.2, 0.25) is 0 Å². The molecule has 5 heteroatoms. The number of nitrogens with zero attached hydrogens (tertiary/aromatic N) is 1. The van der Waals surface area contributed by atoms with Gasteiger partial charge in [0.2, 0.25) is 0 Å². The van der Waals surface area contributed by atoms with E-state index in [0.29, 0.717) is 12.2 Å². The van der Waals surface area contributed by atoms with Gasteiger partial charge >= 0.3 is 0 Å². The number of benzene rings is 3. The van der Waals surface area contributed by atoms with Gasteiger partial charge in [0.25, 0.3) is 5.91 Å². The molecule has 1 aromatic heterocycles. The van der Waals surface area contributed by atoms with Crippen LogP contribution in [0.25, 0.3) is 20.8 Å². The maximum Gasteiger partial charge on any atom is 0.255 e. The third-order valence-corrected chi connectivity index (χ3v) is 5.43. The van der Waals surface area contributed by atoms with E-state index >= 15 is 0 Å². The Labute approximate surface area is 167 Å². The number of hydrogen-bond donors (Lipinski definition) is 1. The van der Waals surface area contributed by atoms with Gasteiger partial charge in [0, 0.05) is 16.8 Å². The van der Waals surface area contributed by atoms with E-state index in [2.05, 4.69) is 30.4 Å². The molecule has 0 spiro atoms. The molecule has 0 aliphatic rings. The largest absolute Gasteiger partial charge is 0.494 e. The molecule has 140 valence electrons. The minimum absolute atomic E-state index is 0.147. The number of thiazole rings is 1. The first kappa shape index (κ1) is 18.2. The van der Waals surface area contributed by atoms with Crippen molar-refractivity contribution in [3.8, 4) is 16.3 Å². The number of nitrogens with one attached hydrogen (secondary N) is 1. The van der Waals surface area contributed by atoms with Crippen LogP contribution in [0.1, 0.15) is 22.8 Å². The van der Waals surface area contributed by atoms with Crippen LogP contribution in [-0.2, 0) is 0 Å².